The molecule has 0 N–H and O–H groups in total. The van der Waals surface area contributed by atoms with E-state index in [9.17, 15) is 0 Å². The molecular weight excluding hydrogens is 398 g/mol. The fourth-order valence-corrected chi connectivity index (χ4v) is 4.16. The van der Waals surface area contributed by atoms with Crippen LogP contribution in [0.15, 0.2) is 125 Å². The first kappa shape index (κ1) is 22.5. The zero-order chi connectivity index (χ0) is 23.0. The number of hydrogen-bond acceptors (Lipinski definition) is 1. The summed E-state index contributed by atoms with van der Waals surface area (Å²) < 4.78 is 0. The Morgan fingerprint density at radius 3 is 2.12 bits per heavy atom. The van der Waals surface area contributed by atoms with E-state index >= 15 is 0 Å². The third-order valence-corrected chi connectivity index (χ3v) is 5.90. The molecule has 1 heteroatoms. The third-order valence-electron chi connectivity index (χ3n) is 5.90. The number of fused-ring (bicyclic) bond motifs is 1. The molecule has 0 bridgehead atoms. The molecule has 164 valence electrons. The number of benzene rings is 3. The molecule has 0 aliphatic carbocycles. The highest BCUT2D eigenvalue weighted by Gasteiger charge is 2.11. The fourth-order valence-electron chi connectivity index (χ4n) is 4.16. The topological polar surface area (TPSA) is 12.4 Å². The maximum absolute atomic E-state index is 5.11. The van der Waals surface area contributed by atoms with E-state index in [2.05, 4.69) is 124 Å². The molecule has 3 aromatic rings. The maximum atomic E-state index is 5.11. The van der Waals surface area contributed by atoms with Gasteiger partial charge in [0.1, 0.15) is 0 Å². The van der Waals surface area contributed by atoms with Gasteiger partial charge in [0.2, 0.25) is 0 Å². The van der Waals surface area contributed by atoms with Crippen molar-refractivity contribution in [3.05, 3.63) is 137 Å². The van der Waals surface area contributed by atoms with Crippen LogP contribution in [-0.2, 0) is 0 Å². The summed E-state index contributed by atoms with van der Waals surface area (Å²) in [5.74, 6) is 0. The molecule has 0 radical (unpaired) electrons. The standard InChI is InChI=1S/C32H31N/c1-4-6-14-26(13-5-2)29-20-22-31(27-17-11-8-12-18-27)33-32-21-19-28(23-30(32)24(29)3)25-15-9-7-10-16-25/h6-23H,4-5H2,1-3H3/b14-6-,22-20?,26-13+,29-20+,29-24?,30-24+,31-22-,33-31?,33-32+. The first-order valence-corrected chi connectivity index (χ1v) is 11.8. The van der Waals surface area contributed by atoms with Crippen molar-refractivity contribution >= 4 is 11.3 Å². The molecule has 4 rings (SSSR count). The molecule has 3 aromatic carbocycles. The summed E-state index contributed by atoms with van der Waals surface area (Å²) in [5, 5.41) is 2.18. The summed E-state index contributed by atoms with van der Waals surface area (Å²) in [6.45, 7) is 6.59. The lowest BCUT2D eigenvalue weighted by Crippen LogP contribution is -2.28. The van der Waals surface area contributed by atoms with E-state index < -0.39 is 0 Å². The minimum absolute atomic E-state index is 0.977. The summed E-state index contributed by atoms with van der Waals surface area (Å²) in [7, 11) is 0. The van der Waals surface area contributed by atoms with Crippen LogP contribution in [0.25, 0.3) is 22.4 Å². The summed E-state index contributed by atoms with van der Waals surface area (Å²) in [5.41, 5.74) is 8.28. The number of allylic oxidation sites excluding steroid dienone is 7. The summed E-state index contributed by atoms with van der Waals surface area (Å²) in [4.78, 5) is 5.11. The predicted octanol–water partition coefficient (Wildman–Crippen LogP) is 7.43. The van der Waals surface area contributed by atoms with E-state index in [4.69, 9.17) is 4.99 Å². The van der Waals surface area contributed by atoms with Crippen LogP contribution >= 0.6 is 0 Å². The van der Waals surface area contributed by atoms with Gasteiger partial charge in [-0.25, -0.2) is 4.99 Å². The number of nitrogens with zero attached hydrogens (tertiary/aromatic N) is 1. The maximum Gasteiger partial charge on any atom is 0.0712 e. The monoisotopic (exact) mass is 429 g/mol. The van der Waals surface area contributed by atoms with Gasteiger partial charge >= 0.3 is 0 Å². The van der Waals surface area contributed by atoms with E-state index in [1.807, 2.05) is 6.07 Å². The molecule has 1 aliphatic rings. The van der Waals surface area contributed by atoms with Crippen LogP contribution < -0.4 is 10.6 Å². The average molecular weight is 430 g/mol. The van der Waals surface area contributed by atoms with Gasteiger partial charge in [-0.15, -0.1) is 0 Å². The lowest BCUT2D eigenvalue weighted by atomic mass is 9.92. The van der Waals surface area contributed by atoms with Crippen molar-refractivity contribution in [2.24, 2.45) is 4.99 Å². The molecule has 0 atom stereocenters. The van der Waals surface area contributed by atoms with Crippen LogP contribution in [0.1, 0.15) is 39.2 Å². The van der Waals surface area contributed by atoms with E-state index in [0.29, 0.717) is 0 Å². The quantitative estimate of drug-likeness (QED) is 0.361. The van der Waals surface area contributed by atoms with Gasteiger partial charge in [-0.3, -0.25) is 0 Å². The Morgan fingerprint density at radius 1 is 0.758 bits per heavy atom. The highest BCUT2D eigenvalue weighted by Crippen LogP contribution is 2.25. The minimum atomic E-state index is 0.977. The molecule has 0 aromatic heterocycles. The lowest BCUT2D eigenvalue weighted by Gasteiger charge is -2.14. The lowest BCUT2D eigenvalue weighted by molar-refractivity contribution is 1.19. The van der Waals surface area contributed by atoms with Gasteiger partial charge < -0.3 is 0 Å². The van der Waals surface area contributed by atoms with Crippen molar-refractivity contribution in [2.75, 3.05) is 0 Å². The van der Waals surface area contributed by atoms with Crippen molar-refractivity contribution in [1.29, 1.82) is 0 Å². The Labute approximate surface area is 197 Å². The van der Waals surface area contributed by atoms with Crippen LogP contribution in [0.2, 0.25) is 0 Å². The van der Waals surface area contributed by atoms with Crippen LogP contribution in [0.4, 0.5) is 0 Å². The Hall–Kier alpha value is -3.71. The summed E-state index contributed by atoms with van der Waals surface area (Å²) in [6.07, 6.45) is 13.2. The zero-order valence-electron chi connectivity index (χ0n) is 19.8. The Kier molecular flexibility index (Phi) is 7.32. The van der Waals surface area contributed by atoms with Crippen LogP contribution in [0.3, 0.4) is 0 Å². The Bertz CT molecular complexity index is 1350. The smallest absolute Gasteiger partial charge is 0.0712 e. The van der Waals surface area contributed by atoms with E-state index in [-0.39, 0.29) is 0 Å². The Morgan fingerprint density at radius 2 is 1.45 bits per heavy atom. The molecule has 0 amide bonds. The van der Waals surface area contributed by atoms with E-state index in [1.54, 1.807) is 0 Å². The number of hydrogen-bond donors (Lipinski definition) is 0. The van der Waals surface area contributed by atoms with Gasteiger partial charge in [-0.1, -0.05) is 105 Å². The SMILES string of the molecule is CC\C=C/C(=C\CC)C1=C/C=C(c2ccccc2)\N=c2/ccc(-c3ccccc3)c/c2=C\1C. The molecular formula is C32H31N. The van der Waals surface area contributed by atoms with Gasteiger partial charge in [0.05, 0.1) is 11.1 Å². The van der Waals surface area contributed by atoms with E-state index in [1.165, 1.54) is 33.1 Å². The average Bonchev–Trinajstić information content (AvgIpc) is 2.86. The van der Waals surface area contributed by atoms with Crippen molar-refractivity contribution in [3.63, 3.8) is 0 Å². The van der Waals surface area contributed by atoms with Gasteiger partial charge in [0.15, 0.2) is 0 Å². The van der Waals surface area contributed by atoms with Crippen molar-refractivity contribution < 1.29 is 0 Å². The Balaban J connectivity index is 2.01. The third kappa shape index (κ3) is 5.21. The first-order chi connectivity index (χ1) is 16.2. The summed E-state index contributed by atoms with van der Waals surface area (Å²) >= 11 is 0. The van der Waals surface area contributed by atoms with Crippen LogP contribution in [0, 0.1) is 0 Å². The fraction of sp³-hybridized carbons (Fsp3) is 0.156. The van der Waals surface area contributed by atoms with Gasteiger partial charge in [-0.05, 0) is 65.8 Å². The second kappa shape index (κ2) is 10.7. The molecule has 33 heavy (non-hydrogen) atoms. The molecule has 1 heterocycles. The van der Waals surface area contributed by atoms with Crippen LogP contribution in [0.5, 0.6) is 0 Å². The van der Waals surface area contributed by atoms with Gasteiger partial charge in [-0.2, -0.15) is 0 Å². The highest BCUT2D eigenvalue weighted by atomic mass is 14.7. The van der Waals surface area contributed by atoms with Gasteiger partial charge in [0.25, 0.3) is 0 Å². The van der Waals surface area contributed by atoms with Crippen molar-refractivity contribution in [1.82, 2.24) is 0 Å². The molecule has 0 saturated heterocycles. The van der Waals surface area contributed by atoms with Crippen LogP contribution in [-0.4, -0.2) is 0 Å². The zero-order valence-corrected chi connectivity index (χ0v) is 19.8. The normalized spacial score (nSPS) is 20.0. The second-order valence-electron chi connectivity index (χ2n) is 8.21. The largest absolute Gasteiger partial charge is 0.248 e. The number of rotatable bonds is 6. The predicted molar refractivity (Wildman–Crippen MR) is 142 cm³/mol. The molecule has 0 saturated carbocycles. The highest BCUT2D eigenvalue weighted by molar-refractivity contribution is 5.77. The van der Waals surface area contributed by atoms with Crippen molar-refractivity contribution in [3.8, 4) is 11.1 Å². The molecule has 0 spiro atoms. The molecule has 1 nitrogen and oxygen atoms in total. The van der Waals surface area contributed by atoms with E-state index in [0.717, 1.165) is 29.5 Å². The molecule has 1 aliphatic heterocycles. The first-order valence-electron chi connectivity index (χ1n) is 11.8. The van der Waals surface area contributed by atoms with Crippen molar-refractivity contribution in [2.45, 2.75) is 33.6 Å². The molecule has 0 fully saturated rings. The minimum Gasteiger partial charge on any atom is -0.248 e. The summed E-state index contributed by atoms with van der Waals surface area (Å²) in [6, 6.07) is 27.6. The van der Waals surface area contributed by atoms with Gasteiger partial charge in [0, 0.05) is 10.8 Å². The second-order valence-corrected chi connectivity index (χ2v) is 8.21. The molecule has 0 unspecified atom stereocenters.